The van der Waals surface area contributed by atoms with E-state index in [0.29, 0.717) is 0 Å². The summed E-state index contributed by atoms with van der Waals surface area (Å²) in [7, 11) is 2.12. The van der Waals surface area contributed by atoms with Gasteiger partial charge in [-0.15, -0.1) is 0 Å². The van der Waals surface area contributed by atoms with Crippen LogP contribution in [0, 0.1) is 0 Å². The lowest BCUT2D eigenvalue weighted by molar-refractivity contribution is -0.0117. The molecular weight excluding hydrogens is 304 g/mol. The Bertz CT molecular complexity index is 389. The molecule has 0 spiro atoms. The highest BCUT2D eigenvalue weighted by Gasteiger charge is 2.17. The molecule has 17 heavy (non-hydrogen) atoms. The number of morpholine rings is 1. The minimum atomic E-state index is 0.253. The zero-order valence-corrected chi connectivity index (χ0v) is 12.1. The van der Waals surface area contributed by atoms with Gasteiger partial charge < -0.3 is 15.0 Å². The van der Waals surface area contributed by atoms with Gasteiger partial charge in [0.15, 0.2) is 0 Å². The number of ether oxygens (including phenoxy) is 1. The minimum absolute atomic E-state index is 0.253. The van der Waals surface area contributed by atoms with Crippen molar-refractivity contribution in [2.24, 2.45) is 0 Å². The molecule has 0 aromatic heterocycles. The highest BCUT2D eigenvalue weighted by atomic mass is 79.9. The summed E-state index contributed by atoms with van der Waals surface area (Å²) in [5.74, 6) is 0. The van der Waals surface area contributed by atoms with Crippen molar-refractivity contribution in [1.29, 1.82) is 0 Å². The van der Waals surface area contributed by atoms with Crippen molar-refractivity contribution in [2.45, 2.75) is 6.10 Å². The van der Waals surface area contributed by atoms with Gasteiger partial charge in [-0.3, -0.25) is 0 Å². The third-order valence-corrected chi connectivity index (χ3v) is 4.01. The van der Waals surface area contributed by atoms with E-state index in [4.69, 9.17) is 16.3 Å². The number of hydrogen-bond donors (Lipinski definition) is 1. The van der Waals surface area contributed by atoms with Gasteiger partial charge in [-0.05, 0) is 41.2 Å². The summed E-state index contributed by atoms with van der Waals surface area (Å²) in [6, 6.07) is 5.83. The second-order valence-corrected chi connectivity index (χ2v) is 5.53. The average Bonchev–Trinajstić information content (AvgIpc) is 2.31. The van der Waals surface area contributed by atoms with Crippen LogP contribution in [0.2, 0.25) is 5.02 Å². The minimum Gasteiger partial charge on any atom is -0.382 e. The maximum Gasteiger partial charge on any atom is 0.0874 e. The van der Waals surface area contributed by atoms with Gasteiger partial charge >= 0.3 is 0 Å². The fraction of sp³-hybridized carbons (Fsp3) is 0.500. The summed E-state index contributed by atoms with van der Waals surface area (Å²) in [5.41, 5.74) is 1.05. The maximum absolute atomic E-state index is 5.94. The SMILES string of the molecule is CN1CCOC(CNc2ccc(Cl)c(Br)c2)C1. The van der Waals surface area contributed by atoms with Crippen molar-refractivity contribution in [3.05, 3.63) is 27.7 Å². The number of anilines is 1. The molecule has 1 aromatic rings. The van der Waals surface area contributed by atoms with Crippen molar-refractivity contribution in [1.82, 2.24) is 4.90 Å². The lowest BCUT2D eigenvalue weighted by Gasteiger charge is -2.30. The molecule has 1 heterocycles. The molecule has 1 aromatic carbocycles. The molecule has 0 saturated carbocycles. The van der Waals surface area contributed by atoms with E-state index < -0.39 is 0 Å². The van der Waals surface area contributed by atoms with E-state index in [9.17, 15) is 0 Å². The van der Waals surface area contributed by atoms with Gasteiger partial charge in [0.1, 0.15) is 0 Å². The van der Waals surface area contributed by atoms with Gasteiger partial charge in [0.2, 0.25) is 0 Å². The van der Waals surface area contributed by atoms with E-state index in [1.54, 1.807) is 0 Å². The first-order valence-electron chi connectivity index (χ1n) is 5.64. The normalized spacial score (nSPS) is 21.5. The van der Waals surface area contributed by atoms with Gasteiger partial charge in [-0.1, -0.05) is 11.6 Å². The molecule has 1 N–H and O–H groups in total. The molecule has 0 radical (unpaired) electrons. The first kappa shape index (κ1) is 13.1. The van der Waals surface area contributed by atoms with E-state index in [1.807, 2.05) is 18.2 Å². The van der Waals surface area contributed by atoms with E-state index in [0.717, 1.165) is 41.4 Å². The Morgan fingerprint density at radius 1 is 1.59 bits per heavy atom. The molecule has 1 saturated heterocycles. The largest absolute Gasteiger partial charge is 0.382 e. The third-order valence-electron chi connectivity index (χ3n) is 2.80. The average molecular weight is 320 g/mol. The number of hydrogen-bond acceptors (Lipinski definition) is 3. The summed E-state index contributed by atoms with van der Waals surface area (Å²) >= 11 is 9.35. The Hall–Kier alpha value is -0.290. The molecule has 5 heteroatoms. The number of likely N-dealkylation sites (N-methyl/N-ethyl adjacent to an activating group) is 1. The van der Waals surface area contributed by atoms with E-state index >= 15 is 0 Å². The Morgan fingerprint density at radius 3 is 3.12 bits per heavy atom. The quantitative estimate of drug-likeness (QED) is 0.927. The zero-order valence-electron chi connectivity index (χ0n) is 9.75. The van der Waals surface area contributed by atoms with E-state index in [2.05, 4.69) is 33.2 Å². The number of nitrogens with one attached hydrogen (secondary N) is 1. The van der Waals surface area contributed by atoms with Crippen molar-refractivity contribution in [3.8, 4) is 0 Å². The molecule has 1 atom stereocenters. The van der Waals surface area contributed by atoms with Gasteiger partial charge in [-0.25, -0.2) is 0 Å². The maximum atomic E-state index is 5.94. The molecule has 1 fully saturated rings. The summed E-state index contributed by atoms with van der Waals surface area (Å²) in [4.78, 5) is 2.29. The van der Waals surface area contributed by atoms with E-state index in [-0.39, 0.29) is 6.10 Å². The van der Waals surface area contributed by atoms with Crippen molar-refractivity contribution < 1.29 is 4.74 Å². The predicted molar refractivity (Wildman–Crippen MR) is 74.9 cm³/mol. The van der Waals surface area contributed by atoms with Crippen molar-refractivity contribution in [2.75, 3.05) is 38.6 Å². The lowest BCUT2D eigenvalue weighted by atomic mass is 10.2. The smallest absolute Gasteiger partial charge is 0.0874 e. The van der Waals surface area contributed by atoms with Crippen LogP contribution >= 0.6 is 27.5 Å². The summed E-state index contributed by atoms with van der Waals surface area (Å²) in [5, 5.41) is 4.09. The fourth-order valence-electron chi connectivity index (χ4n) is 1.83. The lowest BCUT2D eigenvalue weighted by Crippen LogP contribution is -2.43. The summed E-state index contributed by atoms with van der Waals surface area (Å²) in [6.07, 6.45) is 0.253. The molecule has 3 nitrogen and oxygen atoms in total. The third kappa shape index (κ3) is 3.85. The molecule has 0 aliphatic carbocycles. The summed E-state index contributed by atoms with van der Waals surface area (Å²) in [6.45, 7) is 3.62. The second-order valence-electron chi connectivity index (χ2n) is 4.26. The highest BCUT2D eigenvalue weighted by molar-refractivity contribution is 9.10. The van der Waals surface area contributed by atoms with Crippen LogP contribution in [0.15, 0.2) is 22.7 Å². The Kier molecular flexibility index (Phi) is 4.68. The monoisotopic (exact) mass is 318 g/mol. The standard InChI is InChI=1S/C12H16BrClN2O/c1-16-4-5-17-10(8-16)7-15-9-2-3-12(14)11(13)6-9/h2-3,6,10,15H,4-5,7-8H2,1H3. The van der Waals surface area contributed by atoms with Crippen LogP contribution in [0.1, 0.15) is 0 Å². The van der Waals surface area contributed by atoms with Crippen LogP contribution in [-0.2, 0) is 4.74 Å². The number of benzene rings is 1. The van der Waals surface area contributed by atoms with Crippen LogP contribution in [0.4, 0.5) is 5.69 Å². The first-order valence-corrected chi connectivity index (χ1v) is 6.81. The Labute approximate surface area is 115 Å². The van der Waals surface area contributed by atoms with Gasteiger partial charge in [0.25, 0.3) is 0 Å². The van der Waals surface area contributed by atoms with Crippen molar-refractivity contribution in [3.63, 3.8) is 0 Å². The Morgan fingerprint density at radius 2 is 2.41 bits per heavy atom. The van der Waals surface area contributed by atoms with E-state index in [1.165, 1.54) is 0 Å². The number of rotatable bonds is 3. The van der Waals surface area contributed by atoms with Crippen LogP contribution < -0.4 is 5.32 Å². The van der Waals surface area contributed by atoms with Gasteiger partial charge in [-0.2, -0.15) is 0 Å². The zero-order chi connectivity index (χ0) is 12.3. The van der Waals surface area contributed by atoms with Gasteiger partial charge in [0, 0.05) is 29.8 Å². The molecule has 0 amide bonds. The summed E-state index contributed by atoms with van der Waals surface area (Å²) < 4.78 is 6.59. The predicted octanol–water partition coefficient (Wildman–Crippen LogP) is 2.85. The fourth-order valence-corrected chi connectivity index (χ4v) is 2.32. The molecular formula is C12H16BrClN2O. The molecule has 1 unspecified atom stereocenters. The molecule has 0 bridgehead atoms. The Balaban J connectivity index is 1.86. The number of halogens is 2. The van der Waals surface area contributed by atoms with Crippen molar-refractivity contribution >= 4 is 33.2 Å². The highest BCUT2D eigenvalue weighted by Crippen LogP contribution is 2.25. The number of nitrogens with zero attached hydrogens (tertiary/aromatic N) is 1. The van der Waals surface area contributed by atoms with Gasteiger partial charge in [0.05, 0.1) is 17.7 Å². The van der Waals surface area contributed by atoms with Crippen LogP contribution in [0.5, 0.6) is 0 Å². The molecule has 94 valence electrons. The second kappa shape index (κ2) is 6.05. The molecule has 1 aliphatic heterocycles. The van der Waals surface area contributed by atoms with Crippen LogP contribution in [-0.4, -0.2) is 44.3 Å². The topological polar surface area (TPSA) is 24.5 Å². The first-order chi connectivity index (χ1) is 8.15. The molecule has 1 aliphatic rings. The molecule has 2 rings (SSSR count). The van der Waals surface area contributed by atoms with Crippen LogP contribution in [0.3, 0.4) is 0 Å². The van der Waals surface area contributed by atoms with Crippen LogP contribution in [0.25, 0.3) is 0 Å².